The Labute approximate surface area is 129 Å². The van der Waals surface area contributed by atoms with Gasteiger partial charge in [0.1, 0.15) is 17.4 Å². The molecule has 0 amide bonds. The van der Waals surface area contributed by atoms with Crippen molar-refractivity contribution in [3.8, 4) is 5.75 Å². The van der Waals surface area contributed by atoms with Crippen LogP contribution in [0.5, 0.6) is 5.75 Å². The zero-order chi connectivity index (χ0) is 15.7. The smallest absolute Gasteiger partial charge is 0.243 e. The maximum Gasteiger partial charge on any atom is 0.243 e. The third kappa shape index (κ3) is 2.59. The molecule has 22 heavy (non-hydrogen) atoms. The molecule has 0 N–H and O–H groups in total. The first-order chi connectivity index (χ1) is 10.5. The lowest BCUT2D eigenvalue weighted by Crippen LogP contribution is -2.38. The largest absolute Gasteiger partial charge is 0.494 e. The molecule has 0 saturated heterocycles. The number of rotatable bonds is 4. The van der Waals surface area contributed by atoms with Gasteiger partial charge in [-0.15, -0.1) is 10.2 Å². The van der Waals surface area contributed by atoms with Gasteiger partial charge in [0, 0.05) is 13.1 Å². The number of aryl methyl sites for hydroxylation is 1. The first kappa shape index (κ1) is 15.0. The minimum absolute atomic E-state index is 0.246. The van der Waals surface area contributed by atoms with Crippen molar-refractivity contribution < 1.29 is 13.2 Å². The maximum absolute atomic E-state index is 12.7. The normalized spacial score (nSPS) is 15.5. The van der Waals surface area contributed by atoms with Gasteiger partial charge in [0.25, 0.3) is 0 Å². The number of aromatic nitrogens is 3. The van der Waals surface area contributed by atoms with Gasteiger partial charge >= 0.3 is 0 Å². The Bertz CT molecular complexity index is 768. The van der Waals surface area contributed by atoms with Gasteiger partial charge in [-0.3, -0.25) is 0 Å². The number of hydrogen-bond donors (Lipinski definition) is 0. The lowest BCUT2D eigenvalue weighted by atomic mass is 10.3. The minimum Gasteiger partial charge on any atom is -0.494 e. The van der Waals surface area contributed by atoms with Crippen LogP contribution in [-0.2, 0) is 23.1 Å². The van der Waals surface area contributed by atoms with E-state index in [0.717, 1.165) is 5.82 Å². The lowest BCUT2D eigenvalue weighted by molar-refractivity contribution is 0.332. The first-order valence-corrected chi connectivity index (χ1v) is 8.58. The second-order valence-electron chi connectivity index (χ2n) is 5.06. The molecule has 2 aromatic rings. The van der Waals surface area contributed by atoms with Crippen LogP contribution < -0.4 is 4.74 Å². The fourth-order valence-corrected chi connectivity index (χ4v) is 3.90. The zero-order valence-corrected chi connectivity index (χ0v) is 13.4. The fourth-order valence-electron chi connectivity index (χ4n) is 2.51. The molecule has 0 fully saturated rings. The fraction of sp³-hybridized carbons (Fsp3) is 0.429. The molecule has 1 aromatic heterocycles. The van der Waals surface area contributed by atoms with E-state index >= 15 is 0 Å². The molecule has 0 saturated carbocycles. The van der Waals surface area contributed by atoms with E-state index in [1.54, 1.807) is 24.3 Å². The molecule has 0 radical (unpaired) electrons. The average molecular weight is 322 g/mol. The predicted octanol–water partition coefficient (Wildman–Crippen LogP) is 1.19. The molecule has 0 atom stereocenters. The van der Waals surface area contributed by atoms with E-state index in [2.05, 4.69) is 10.2 Å². The van der Waals surface area contributed by atoms with Crippen LogP contribution in [0.15, 0.2) is 29.2 Å². The van der Waals surface area contributed by atoms with Crippen LogP contribution in [0.2, 0.25) is 0 Å². The van der Waals surface area contributed by atoms with E-state index < -0.39 is 10.0 Å². The second-order valence-corrected chi connectivity index (χ2v) is 7.00. The van der Waals surface area contributed by atoms with Crippen LogP contribution in [0, 0.1) is 6.92 Å². The molecule has 3 rings (SSSR count). The van der Waals surface area contributed by atoms with Crippen molar-refractivity contribution >= 4 is 10.0 Å². The van der Waals surface area contributed by atoms with Crippen molar-refractivity contribution in [2.24, 2.45) is 0 Å². The Balaban J connectivity index is 1.84. The molecule has 0 aliphatic carbocycles. The Morgan fingerprint density at radius 3 is 2.59 bits per heavy atom. The number of ether oxygens (including phenoxy) is 1. The highest BCUT2D eigenvalue weighted by Gasteiger charge is 2.30. The highest BCUT2D eigenvalue weighted by molar-refractivity contribution is 7.89. The molecular weight excluding hydrogens is 304 g/mol. The van der Waals surface area contributed by atoms with Crippen LogP contribution in [0.3, 0.4) is 0 Å². The number of benzene rings is 1. The molecule has 7 nitrogen and oxygen atoms in total. The summed E-state index contributed by atoms with van der Waals surface area (Å²) < 4.78 is 34.1. The Kier molecular flexibility index (Phi) is 3.88. The van der Waals surface area contributed by atoms with Gasteiger partial charge in [-0.25, -0.2) is 8.42 Å². The molecule has 1 aliphatic heterocycles. The van der Waals surface area contributed by atoms with Gasteiger partial charge in [-0.2, -0.15) is 4.31 Å². The molecule has 1 aromatic carbocycles. The molecule has 2 heterocycles. The SMILES string of the molecule is CCOc1ccc(S(=O)(=O)N2CCn3c(C)nnc3C2)cc1. The van der Waals surface area contributed by atoms with Gasteiger partial charge < -0.3 is 9.30 Å². The quantitative estimate of drug-likeness (QED) is 0.845. The van der Waals surface area contributed by atoms with E-state index in [1.807, 2.05) is 18.4 Å². The average Bonchev–Trinajstić information content (AvgIpc) is 2.89. The summed E-state index contributed by atoms with van der Waals surface area (Å²) in [4.78, 5) is 0.264. The van der Waals surface area contributed by atoms with Crippen LogP contribution in [0.25, 0.3) is 0 Å². The monoisotopic (exact) mass is 322 g/mol. The van der Waals surface area contributed by atoms with Gasteiger partial charge in [0.05, 0.1) is 18.0 Å². The molecule has 118 valence electrons. The predicted molar refractivity (Wildman–Crippen MR) is 80.0 cm³/mol. The standard InChI is InChI=1S/C14H18N4O3S/c1-3-21-12-4-6-13(7-5-12)22(19,20)17-8-9-18-11(2)15-16-14(18)10-17/h4-7H,3,8-10H2,1-2H3. The van der Waals surface area contributed by atoms with Crippen molar-refractivity contribution in [3.05, 3.63) is 35.9 Å². The highest BCUT2D eigenvalue weighted by Crippen LogP contribution is 2.23. The van der Waals surface area contributed by atoms with E-state index in [4.69, 9.17) is 4.74 Å². The van der Waals surface area contributed by atoms with Gasteiger partial charge in [-0.1, -0.05) is 0 Å². The van der Waals surface area contributed by atoms with Crippen LogP contribution >= 0.6 is 0 Å². The maximum atomic E-state index is 12.7. The van der Waals surface area contributed by atoms with Crippen molar-refractivity contribution in [1.29, 1.82) is 0 Å². The van der Waals surface area contributed by atoms with Gasteiger partial charge in [-0.05, 0) is 38.1 Å². The summed E-state index contributed by atoms with van der Waals surface area (Å²) in [5.74, 6) is 2.15. The number of hydrogen-bond acceptors (Lipinski definition) is 5. The summed E-state index contributed by atoms with van der Waals surface area (Å²) in [7, 11) is -3.53. The number of sulfonamides is 1. The second kappa shape index (κ2) is 5.69. The first-order valence-electron chi connectivity index (χ1n) is 7.14. The van der Waals surface area contributed by atoms with Crippen molar-refractivity contribution in [2.45, 2.75) is 31.8 Å². The highest BCUT2D eigenvalue weighted by atomic mass is 32.2. The van der Waals surface area contributed by atoms with Crippen LogP contribution in [0.1, 0.15) is 18.6 Å². The molecule has 1 aliphatic rings. The topological polar surface area (TPSA) is 77.3 Å². The Morgan fingerprint density at radius 1 is 1.18 bits per heavy atom. The summed E-state index contributed by atoms with van der Waals surface area (Å²) in [5, 5.41) is 8.03. The molecule has 0 bridgehead atoms. The third-order valence-corrected chi connectivity index (χ3v) is 5.54. The van der Waals surface area contributed by atoms with Gasteiger partial charge in [0.15, 0.2) is 0 Å². The molecular formula is C14H18N4O3S. The van der Waals surface area contributed by atoms with E-state index in [0.29, 0.717) is 31.3 Å². The Morgan fingerprint density at radius 2 is 1.91 bits per heavy atom. The van der Waals surface area contributed by atoms with Gasteiger partial charge in [0.2, 0.25) is 10.0 Å². The molecule has 0 unspecified atom stereocenters. The molecule has 0 spiro atoms. The van der Waals surface area contributed by atoms with Crippen LogP contribution in [-0.4, -0.2) is 40.6 Å². The number of fused-ring (bicyclic) bond motifs is 1. The van der Waals surface area contributed by atoms with Crippen molar-refractivity contribution in [3.63, 3.8) is 0 Å². The summed E-state index contributed by atoms with van der Waals surface area (Å²) in [6.07, 6.45) is 0. The summed E-state index contributed by atoms with van der Waals surface area (Å²) in [5.41, 5.74) is 0. The minimum atomic E-state index is -3.53. The van der Waals surface area contributed by atoms with E-state index in [1.165, 1.54) is 4.31 Å². The summed E-state index contributed by atoms with van der Waals surface area (Å²) >= 11 is 0. The molecule has 8 heteroatoms. The van der Waals surface area contributed by atoms with E-state index in [9.17, 15) is 8.42 Å². The van der Waals surface area contributed by atoms with Crippen molar-refractivity contribution in [1.82, 2.24) is 19.1 Å². The zero-order valence-electron chi connectivity index (χ0n) is 12.6. The third-order valence-electron chi connectivity index (χ3n) is 3.68. The Hall–Kier alpha value is -1.93. The summed E-state index contributed by atoms with van der Waals surface area (Å²) in [6, 6.07) is 6.50. The van der Waals surface area contributed by atoms with Crippen LogP contribution in [0.4, 0.5) is 0 Å². The number of nitrogens with zero attached hydrogens (tertiary/aromatic N) is 4. The van der Waals surface area contributed by atoms with E-state index in [-0.39, 0.29) is 11.4 Å². The lowest BCUT2D eigenvalue weighted by Gasteiger charge is -2.26. The summed E-state index contributed by atoms with van der Waals surface area (Å²) in [6.45, 7) is 5.54. The van der Waals surface area contributed by atoms with Crippen molar-refractivity contribution in [2.75, 3.05) is 13.2 Å².